The maximum atomic E-state index is 12.2. The zero-order valence-electron chi connectivity index (χ0n) is 13.9. The van der Waals surface area contributed by atoms with Crippen molar-refractivity contribution in [3.05, 3.63) is 65.2 Å². The van der Waals surface area contributed by atoms with Gasteiger partial charge in [-0.25, -0.2) is 0 Å². The maximum absolute atomic E-state index is 12.2. The Balaban J connectivity index is 1.99. The molecule has 0 atom stereocenters. The standard InChI is InChI=1S/C20H25NO/c1-14(2)17-8-10-19(11-9-17)21-20(22)13-16-6-5-7-18(12-16)15(3)4/h5-12,14-15H,13H2,1-4H3,(H,21,22). The van der Waals surface area contributed by atoms with E-state index in [-0.39, 0.29) is 5.91 Å². The molecule has 1 N–H and O–H groups in total. The van der Waals surface area contributed by atoms with Crippen LogP contribution in [-0.2, 0) is 11.2 Å². The Kier molecular flexibility index (Phi) is 5.37. The van der Waals surface area contributed by atoms with E-state index in [2.05, 4.69) is 57.3 Å². The normalized spacial score (nSPS) is 11.0. The first kappa shape index (κ1) is 16.3. The molecule has 0 radical (unpaired) electrons. The van der Waals surface area contributed by atoms with E-state index in [9.17, 15) is 4.79 Å². The fraction of sp³-hybridized carbons (Fsp3) is 0.350. The Morgan fingerprint density at radius 1 is 0.909 bits per heavy atom. The Morgan fingerprint density at radius 2 is 1.55 bits per heavy atom. The van der Waals surface area contributed by atoms with E-state index in [1.54, 1.807) is 0 Å². The fourth-order valence-electron chi connectivity index (χ4n) is 2.40. The van der Waals surface area contributed by atoms with Gasteiger partial charge in [0.15, 0.2) is 0 Å². The number of rotatable bonds is 5. The molecule has 2 rings (SSSR count). The smallest absolute Gasteiger partial charge is 0.228 e. The molecule has 2 aromatic carbocycles. The number of hydrogen-bond donors (Lipinski definition) is 1. The van der Waals surface area contributed by atoms with Gasteiger partial charge in [0.25, 0.3) is 0 Å². The van der Waals surface area contributed by atoms with E-state index in [0.717, 1.165) is 11.3 Å². The van der Waals surface area contributed by atoms with E-state index in [1.165, 1.54) is 11.1 Å². The van der Waals surface area contributed by atoms with Gasteiger partial charge in [-0.3, -0.25) is 4.79 Å². The molecule has 0 spiro atoms. The van der Waals surface area contributed by atoms with Crippen molar-refractivity contribution < 1.29 is 4.79 Å². The molecule has 0 aliphatic heterocycles. The van der Waals surface area contributed by atoms with Crippen LogP contribution in [-0.4, -0.2) is 5.91 Å². The quantitative estimate of drug-likeness (QED) is 0.815. The van der Waals surface area contributed by atoms with Crippen LogP contribution in [0.3, 0.4) is 0 Å². The van der Waals surface area contributed by atoms with E-state index >= 15 is 0 Å². The lowest BCUT2D eigenvalue weighted by Gasteiger charge is -2.10. The number of carbonyl (C=O) groups is 1. The molecule has 0 bridgehead atoms. The molecule has 22 heavy (non-hydrogen) atoms. The first-order valence-corrected chi connectivity index (χ1v) is 7.94. The summed E-state index contributed by atoms with van der Waals surface area (Å²) in [6.45, 7) is 8.65. The molecule has 2 nitrogen and oxygen atoms in total. The van der Waals surface area contributed by atoms with Gasteiger partial charge < -0.3 is 5.32 Å². The zero-order valence-corrected chi connectivity index (χ0v) is 13.9. The van der Waals surface area contributed by atoms with Gasteiger partial charge in [-0.05, 0) is 40.7 Å². The van der Waals surface area contributed by atoms with Crippen LogP contribution in [0.25, 0.3) is 0 Å². The highest BCUT2D eigenvalue weighted by Crippen LogP contribution is 2.18. The van der Waals surface area contributed by atoms with Crippen LogP contribution in [0.1, 0.15) is 56.2 Å². The number of carbonyl (C=O) groups excluding carboxylic acids is 1. The summed E-state index contributed by atoms with van der Waals surface area (Å²) < 4.78 is 0. The van der Waals surface area contributed by atoms with Crippen molar-refractivity contribution in [2.75, 3.05) is 5.32 Å². The van der Waals surface area contributed by atoms with Gasteiger partial charge in [-0.15, -0.1) is 0 Å². The van der Waals surface area contributed by atoms with Crippen molar-refractivity contribution in [1.82, 2.24) is 0 Å². The summed E-state index contributed by atoms with van der Waals surface area (Å²) in [6, 6.07) is 16.3. The van der Waals surface area contributed by atoms with Gasteiger partial charge in [0.05, 0.1) is 6.42 Å². The van der Waals surface area contributed by atoms with Crippen molar-refractivity contribution >= 4 is 11.6 Å². The molecule has 2 aromatic rings. The first-order chi connectivity index (χ1) is 10.5. The second-order valence-corrected chi connectivity index (χ2v) is 6.40. The van der Waals surface area contributed by atoms with Crippen molar-refractivity contribution in [1.29, 1.82) is 0 Å². The van der Waals surface area contributed by atoms with Crippen LogP contribution in [0.2, 0.25) is 0 Å². The third kappa shape index (κ3) is 4.45. The van der Waals surface area contributed by atoms with Gasteiger partial charge in [0.2, 0.25) is 5.91 Å². The van der Waals surface area contributed by atoms with Gasteiger partial charge in [0.1, 0.15) is 0 Å². The van der Waals surface area contributed by atoms with Crippen molar-refractivity contribution in [2.45, 2.75) is 46.0 Å². The van der Waals surface area contributed by atoms with Gasteiger partial charge >= 0.3 is 0 Å². The molecule has 1 amide bonds. The summed E-state index contributed by atoms with van der Waals surface area (Å²) in [4.78, 5) is 12.2. The summed E-state index contributed by atoms with van der Waals surface area (Å²) in [6.07, 6.45) is 0.409. The number of benzene rings is 2. The summed E-state index contributed by atoms with van der Waals surface area (Å²) in [7, 11) is 0. The monoisotopic (exact) mass is 295 g/mol. The maximum Gasteiger partial charge on any atom is 0.228 e. The third-order valence-electron chi connectivity index (χ3n) is 3.84. The number of amides is 1. The van der Waals surface area contributed by atoms with Crippen LogP contribution in [0.15, 0.2) is 48.5 Å². The van der Waals surface area contributed by atoms with Crippen LogP contribution >= 0.6 is 0 Å². The molecule has 0 saturated heterocycles. The van der Waals surface area contributed by atoms with Crippen molar-refractivity contribution in [3.8, 4) is 0 Å². The third-order valence-corrected chi connectivity index (χ3v) is 3.84. The Bertz CT molecular complexity index is 626. The van der Waals surface area contributed by atoms with Gasteiger partial charge in [0, 0.05) is 5.69 Å². The fourth-order valence-corrected chi connectivity index (χ4v) is 2.40. The van der Waals surface area contributed by atoms with Gasteiger partial charge in [-0.1, -0.05) is 64.1 Å². The van der Waals surface area contributed by atoms with E-state index < -0.39 is 0 Å². The summed E-state index contributed by atoms with van der Waals surface area (Å²) >= 11 is 0. The Morgan fingerprint density at radius 3 is 2.14 bits per heavy atom. The highest BCUT2D eigenvalue weighted by atomic mass is 16.1. The SMILES string of the molecule is CC(C)c1ccc(NC(=O)Cc2cccc(C(C)C)c2)cc1. The zero-order chi connectivity index (χ0) is 16.1. The molecule has 0 aliphatic carbocycles. The molecule has 0 heterocycles. The van der Waals surface area contributed by atoms with Gasteiger partial charge in [-0.2, -0.15) is 0 Å². The number of anilines is 1. The summed E-state index contributed by atoms with van der Waals surface area (Å²) in [5, 5.41) is 2.97. The second kappa shape index (κ2) is 7.26. The minimum atomic E-state index is 0.0261. The topological polar surface area (TPSA) is 29.1 Å². The van der Waals surface area contributed by atoms with E-state index in [0.29, 0.717) is 18.3 Å². The highest BCUT2D eigenvalue weighted by Gasteiger charge is 2.07. The molecule has 116 valence electrons. The van der Waals surface area contributed by atoms with Crippen LogP contribution in [0.5, 0.6) is 0 Å². The summed E-state index contributed by atoms with van der Waals surface area (Å²) in [5.41, 5.74) is 4.46. The van der Waals surface area contributed by atoms with Crippen LogP contribution in [0.4, 0.5) is 5.69 Å². The highest BCUT2D eigenvalue weighted by molar-refractivity contribution is 5.92. The van der Waals surface area contributed by atoms with E-state index in [4.69, 9.17) is 0 Å². The average Bonchev–Trinajstić information content (AvgIpc) is 2.47. The molecule has 0 fully saturated rings. The predicted octanol–water partition coefficient (Wildman–Crippen LogP) is 5.11. The molecular formula is C20H25NO. The van der Waals surface area contributed by atoms with Crippen molar-refractivity contribution in [3.63, 3.8) is 0 Å². The Hall–Kier alpha value is -2.09. The van der Waals surface area contributed by atoms with Crippen molar-refractivity contribution in [2.24, 2.45) is 0 Å². The minimum absolute atomic E-state index is 0.0261. The number of nitrogens with one attached hydrogen (secondary N) is 1. The Labute approximate surface area is 133 Å². The molecular weight excluding hydrogens is 270 g/mol. The molecule has 0 unspecified atom stereocenters. The second-order valence-electron chi connectivity index (χ2n) is 6.40. The minimum Gasteiger partial charge on any atom is -0.326 e. The van der Waals surface area contributed by atoms with E-state index in [1.807, 2.05) is 24.3 Å². The van der Waals surface area contributed by atoms with Crippen LogP contribution < -0.4 is 5.32 Å². The molecule has 2 heteroatoms. The largest absolute Gasteiger partial charge is 0.326 e. The molecule has 0 aromatic heterocycles. The lowest BCUT2D eigenvalue weighted by molar-refractivity contribution is -0.115. The molecule has 0 aliphatic rings. The average molecular weight is 295 g/mol. The summed E-state index contributed by atoms with van der Waals surface area (Å²) in [5.74, 6) is 1.01. The predicted molar refractivity (Wildman–Crippen MR) is 93.4 cm³/mol. The lowest BCUT2D eigenvalue weighted by atomic mass is 9.99. The first-order valence-electron chi connectivity index (χ1n) is 7.94. The number of hydrogen-bond acceptors (Lipinski definition) is 1. The molecule has 0 saturated carbocycles. The van der Waals surface area contributed by atoms with Crippen LogP contribution in [0, 0.1) is 0 Å². The lowest BCUT2D eigenvalue weighted by Crippen LogP contribution is -2.14.